The molecule has 0 amide bonds. The average molecular weight is 159 g/mol. The zero-order valence-corrected chi connectivity index (χ0v) is 6.06. The van der Waals surface area contributed by atoms with Gasteiger partial charge in [-0.2, -0.15) is 0 Å². The minimum atomic E-state index is -0.0417. The highest BCUT2D eigenvalue weighted by Gasteiger charge is 2.05. The molecule has 0 saturated heterocycles. The molecule has 0 fully saturated rings. The largest absolute Gasteiger partial charge is 0.342 e. The van der Waals surface area contributed by atoms with Crippen molar-refractivity contribution in [3.63, 3.8) is 0 Å². The molecule has 0 aliphatic rings. The molecule has 0 unspecified atom stereocenters. The van der Waals surface area contributed by atoms with E-state index in [1.54, 1.807) is 12.4 Å². The number of aromatic nitrogens is 2. The van der Waals surface area contributed by atoms with Crippen LogP contribution in [-0.2, 0) is 0 Å². The number of halogens is 1. The number of hydrogen-bond acceptors (Lipinski definition) is 2. The van der Waals surface area contributed by atoms with Crippen molar-refractivity contribution in [2.75, 3.05) is 5.88 Å². The van der Waals surface area contributed by atoms with Crippen molar-refractivity contribution < 1.29 is 4.79 Å². The van der Waals surface area contributed by atoms with Gasteiger partial charge in [-0.3, -0.25) is 4.79 Å². The van der Waals surface area contributed by atoms with Gasteiger partial charge in [-0.05, 0) is 0 Å². The molecule has 1 aromatic rings. The predicted molar refractivity (Wildman–Crippen MR) is 38.3 cm³/mol. The number of hydrogen-bond donors (Lipinski definition) is 1. The van der Waals surface area contributed by atoms with E-state index in [4.69, 9.17) is 11.6 Å². The summed E-state index contributed by atoms with van der Waals surface area (Å²) in [4.78, 5) is 17.4. The standard InChI is InChI=1S/C6H7ClN2O/c7-2-1-5(10)6-8-3-4-9-6/h3-4H,1-2H2,(H,8,9). The number of nitrogens with zero attached hydrogens (tertiary/aromatic N) is 1. The van der Waals surface area contributed by atoms with Crippen LogP contribution in [0.5, 0.6) is 0 Å². The summed E-state index contributed by atoms with van der Waals surface area (Å²) in [5.41, 5.74) is 0. The fraction of sp³-hybridized carbons (Fsp3) is 0.333. The van der Waals surface area contributed by atoms with E-state index in [0.29, 0.717) is 18.1 Å². The highest BCUT2D eigenvalue weighted by Crippen LogP contribution is 1.96. The summed E-state index contributed by atoms with van der Waals surface area (Å²) in [5, 5.41) is 0. The first-order valence-corrected chi connectivity index (χ1v) is 3.46. The van der Waals surface area contributed by atoms with Gasteiger partial charge in [0, 0.05) is 24.7 Å². The Bertz CT molecular complexity index is 208. The first kappa shape index (κ1) is 7.28. The van der Waals surface area contributed by atoms with Crippen LogP contribution in [0, 0.1) is 0 Å². The maximum Gasteiger partial charge on any atom is 0.199 e. The van der Waals surface area contributed by atoms with E-state index in [-0.39, 0.29) is 5.78 Å². The van der Waals surface area contributed by atoms with Crippen LogP contribution in [0.25, 0.3) is 0 Å². The quantitative estimate of drug-likeness (QED) is 0.531. The van der Waals surface area contributed by atoms with Crippen molar-refractivity contribution in [2.45, 2.75) is 6.42 Å². The molecule has 1 aromatic heterocycles. The molecular weight excluding hydrogens is 152 g/mol. The van der Waals surface area contributed by atoms with Crippen molar-refractivity contribution in [1.82, 2.24) is 9.97 Å². The Morgan fingerprint density at radius 3 is 3.10 bits per heavy atom. The van der Waals surface area contributed by atoms with E-state index < -0.39 is 0 Å². The zero-order chi connectivity index (χ0) is 7.40. The van der Waals surface area contributed by atoms with E-state index in [9.17, 15) is 4.79 Å². The van der Waals surface area contributed by atoms with Crippen molar-refractivity contribution in [2.24, 2.45) is 0 Å². The smallest absolute Gasteiger partial charge is 0.199 e. The normalized spacial score (nSPS) is 9.70. The molecule has 0 spiro atoms. The average Bonchev–Trinajstić information content (AvgIpc) is 2.38. The summed E-state index contributed by atoms with van der Waals surface area (Å²) in [7, 11) is 0. The first-order valence-electron chi connectivity index (χ1n) is 2.93. The number of nitrogens with one attached hydrogen (secondary N) is 1. The van der Waals surface area contributed by atoms with Gasteiger partial charge in [0.15, 0.2) is 11.6 Å². The molecule has 1 heterocycles. The maximum absolute atomic E-state index is 10.9. The van der Waals surface area contributed by atoms with Crippen molar-refractivity contribution >= 4 is 17.4 Å². The third-order valence-electron chi connectivity index (χ3n) is 1.08. The number of rotatable bonds is 3. The van der Waals surface area contributed by atoms with Gasteiger partial charge in [0.05, 0.1) is 0 Å². The fourth-order valence-electron chi connectivity index (χ4n) is 0.622. The minimum Gasteiger partial charge on any atom is -0.342 e. The Morgan fingerprint density at radius 1 is 1.80 bits per heavy atom. The van der Waals surface area contributed by atoms with Gasteiger partial charge in [0.25, 0.3) is 0 Å². The fourth-order valence-corrected chi connectivity index (χ4v) is 0.794. The first-order chi connectivity index (χ1) is 4.84. The summed E-state index contributed by atoms with van der Waals surface area (Å²) in [5.74, 6) is 0.695. The second kappa shape index (κ2) is 3.37. The number of aromatic amines is 1. The third-order valence-corrected chi connectivity index (χ3v) is 1.27. The topological polar surface area (TPSA) is 45.8 Å². The van der Waals surface area contributed by atoms with Crippen LogP contribution < -0.4 is 0 Å². The van der Waals surface area contributed by atoms with Gasteiger partial charge in [-0.1, -0.05) is 0 Å². The van der Waals surface area contributed by atoms with Crippen LogP contribution in [0.1, 0.15) is 17.0 Å². The Hall–Kier alpha value is -0.830. The molecule has 1 rings (SSSR count). The summed E-state index contributed by atoms with van der Waals surface area (Å²) in [6.45, 7) is 0. The van der Waals surface area contributed by atoms with Crippen LogP contribution >= 0.6 is 11.6 Å². The van der Waals surface area contributed by atoms with E-state index >= 15 is 0 Å². The van der Waals surface area contributed by atoms with Crippen LogP contribution in [-0.4, -0.2) is 21.6 Å². The predicted octanol–water partition coefficient (Wildman–Crippen LogP) is 1.22. The molecule has 10 heavy (non-hydrogen) atoms. The van der Waals surface area contributed by atoms with Crippen molar-refractivity contribution in [3.8, 4) is 0 Å². The van der Waals surface area contributed by atoms with Crippen LogP contribution in [0.2, 0.25) is 0 Å². The van der Waals surface area contributed by atoms with E-state index in [1.807, 2.05) is 0 Å². The Kier molecular flexibility index (Phi) is 2.45. The van der Waals surface area contributed by atoms with Gasteiger partial charge < -0.3 is 4.98 Å². The molecule has 54 valence electrons. The van der Waals surface area contributed by atoms with Crippen LogP contribution in [0.4, 0.5) is 0 Å². The monoisotopic (exact) mass is 158 g/mol. The number of imidazole rings is 1. The third kappa shape index (κ3) is 1.57. The van der Waals surface area contributed by atoms with Gasteiger partial charge in [0.2, 0.25) is 0 Å². The molecule has 0 aromatic carbocycles. The lowest BCUT2D eigenvalue weighted by molar-refractivity contribution is 0.0980. The molecule has 1 N–H and O–H groups in total. The second-order valence-electron chi connectivity index (χ2n) is 1.80. The Labute approximate surface area is 63.4 Å². The zero-order valence-electron chi connectivity index (χ0n) is 5.30. The molecule has 0 aliphatic carbocycles. The summed E-state index contributed by atoms with van der Waals surface area (Å²) >= 11 is 5.35. The SMILES string of the molecule is O=C(CCCl)c1ncc[nH]1. The van der Waals surface area contributed by atoms with E-state index in [1.165, 1.54) is 0 Å². The number of H-pyrrole nitrogens is 1. The lowest BCUT2D eigenvalue weighted by Crippen LogP contribution is -2.01. The van der Waals surface area contributed by atoms with Gasteiger partial charge in [0.1, 0.15) is 0 Å². The number of Topliss-reactive ketones (excluding diaryl/α,β-unsaturated/α-hetero) is 1. The molecule has 0 bridgehead atoms. The van der Waals surface area contributed by atoms with Crippen molar-refractivity contribution in [1.29, 1.82) is 0 Å². The summed E-state index contributed by atoms with van der Waals surface area (Å²) < 4.78 is 0. The molecule has 3 nitrogen and oxygen atoms in total. The number of alkyl halides is 1. The Morgan fingerprint density at radius 2 is 2.60 bits per heavy atom. The molecule has 4 heteroatoms. The minimum absolute atomic E-state index is 0.0417. The van der Waals surface area contributed by atoms with E-state index in [0.717, 1.165) is 0 Å². The summed E-state index contributed by atoms with van der Waals surface area (Å²) in [6.07, 6.45) is 3.50. The van der Waals surface area contributed by atoms with E-state index in [2.05, 4.69) is 9.97 Å². The van der Waals surface area contributed by atoms with Gasteiger partial charge in [-0.15, -0.1) is 11.6 Å². The van der Waals surface area contributed by atoms with Crippen LogP contribution in [0.3, 0.4) is 0 Å². The molecular formula is C6H7ClN2O. The molecule has 0 saturated carbocycles. The highest BCUT2D eigenvalue weighted by molar-refractivity contribution is 6.19. The molecule has 0 radical (unpaired) electrons. The van der Waals surface area contributed by atoms with Gasteiger partial charge in [-0.25, -0.2) is 4.98 Å². The maximum atomic E-state index is 10.9. The highest BCUT2D eigenvalue weighted by atomic mass is 35.5. The Balaban J connectivity index is 2.59. The molecule has 0 atom stereocenters. The lowest BCUT2D eigenvalue weighted by Gasteiger charge is -1.89. The summed E-state index contributed by atoms with van der Waals surface area (Å²) in [6, 6.07) is 0. The van der Waals surface area contributed by atoms with Crippen LogP contribution in [0.15, 0.2) is 12.4 Å². The number of carbonyl (C=O) groups is 1. The number of carbonyl (C=O) groups excluding carboxylic acids is 1. The lowest BCUT2D eigenvalue weighted by atomic mass is 10.3. The number of ketones is 1. The van der Waals surface area contributed by atoms with Gasteiger partial charge >= 0.3 is 0 Å². The van der Waals surface area contributed by atoms with Crippen molar-refractivity contribution in [3.05, 3.63) is 18.2 Å². The molecule has 0 aliphatic heterocycles. The second-order valence-corrected chi connectivity index (χ2v) is 2.18.